The van der Waals surface area contributed by atoms with E-state index in [-0.39, 0.29) is 0 Å². The Morgan fingerprint density at radius 2 is 2.06 bits per heavy atom. The van der Waals surface area contributed by atoms with E-state index in [4.69, 9.17) is 5.73 Å². The monoisotopic (exact) mass is 283 g/mol. The van der Waals surface area contributed by atoms with Crippen molar-refractivity contribution < 1.29 is 0 Å². The molecule has 90 valence electrons. The van der Waals surface area contributed by atoms with E-state index in [1.54, 1.807) is 0 Å². The summed E-state index contributed by atoms with van der Waals surface area (Å²) < 4.78 is 1.22. The minimum atomic E-state index is 0.672. The minimum absolute atomic E-state index is 0.672. The third-order valence-electron chi connectivity index (χ3n) is 3.14. The van der Waals surface area contributed by atoms with E-state index < -0.39 is 0 Å². The van der Waals surface area contributed by atoms with Crippen molar-refractivity contribution >= 4 is 15.9 Å². The van der Waals surface area contributed by atoms with Gasteiger partial charge in [-0.15, -0.1) is 0 Å². The molecule has 2 heteroatoms. The van der Waals surface area contributed by atoms with Crippen LogP contribution in [0.1, 0.15) is 49.7 Å². The summed E-state index contributed by atoms with van der Waals surface area (Å²) in [5, 5.41) is 0. The summed E-state index contributed by atoms with van der Waals surface area (Å²) in [5.41, 5.74) is 8.49. The topological polar surface area (TPSA) is 26.0 Å². The van der Waals surface area contributed by atoms with Crippen molar-refractivity contribution in [2.24, 2.45) is 5.73 Å². The van der Waals surface area contributed by atoms with E-state index in [2.05, 4.69) is 48.0 Å². The average Bonchev–Trinajstić information content (AvgIpc) is 2.28. The smallest absolute Gasteiger partial charge is 0.0207 e. The van der Waals surface area contributed by atoms with Gasteiger partial charge >= 0.3 is 0 Å². The highest BCUT2D eigenvalue weighted by Crippen LogP contribution is 2.31. The molecule has 0 spiro atoms. The Bertz CT molecular complexity index is 323. The van der Waals surface area contributed by atoms with Crippen molar-refractivity contribution in [2.45, 2.75) is 45.4 Å². The van der Waals surface area contributed by atoms with Crippen molar-refractivity contribution in [1.82, 2.24) is 0 Å². The maximum atomic E-state index is 5.61. The third kappa shape index (κ3) is 3.60. The normalized spacial score (nSPS) is 12.8. The molecule has 0 heterocycles. The van der Waals surface area contributed by atoms with Crippen molar-refractivity contribution in [3.05, 3.63) is 33.8 Å². The van der Waals surface area contributed by atoms with Crippen LogP contribution in [0.15, 0.2) is 22.7 Å². The molecule has 2 N–H and O–H groups in total. The largest absolute Gasteiger partial charge is 0.330 e. The molecule has 1 rings (SSSR count). The fraction of sp³-hybridized carbons (Fsp3) is 0.571. The molecule has 0 saturated carbocycles. The lowest BCUT2D eigenvalue weighted by molar-refractivity contribution is 0.547. The lowest BCUT2D eigenvalue weighted by atomic mass is 9.87. The zero-order chi connectivity index (χ0) is 12.0. The summed E-state index contributed by atoms with van der Waals surface area (Å²) in [7, 11) is 0. The molecular weight excluding hydrogens is 262 g/mol. The molecule has 0 radical (unpaired) electrons. The highest BCUT2D eigenvalue weighted by molar-refractivity contribution is 9.10. The van der Waals surface area contributed by atoms with Crippen LogP contribution in [0.5, 0.6) is 0 Å². The zero-order valence-electron chi connectivity index (χ0n) is 10.3. The molecule has 1 atom stereocenters. The maximum Gasteiger partial charge on any atom is 0.0207 e. The molecule has 0 saturated heterocycles. The molecule has 0 fully saturated rings. The molecule has 1 aromatic carbocycles. The van der Waals surface area contributed by atoms with Gasteiger partial charge in [0.15, 0.2) is 0 Å². The first-order valence-electron chi connectivity index (χ1n) is 6.15. The second kappa shape index (κ2) is 7.08. The third-order valence-corrected chi connectivity index (χ3v) is 4.00. The van der Waals surface area contributed by atoms with Crippen LogP contribution in [0.2, 0.25) is 0 Å². The standard InChI is InChI=1S/C14H22BrN/c1-3-6-12(7-5-10-16)13-8-4-9-14(15)11(13)2/h4,8-9,12H,3,5-7,10,16H2,1-2H3. The van der Waals surface area contributed by atoms with Gasteiger partial charge in [-0.1, -0.05) is 41.4 Å². The van der Waals surface area contributed by atoms with Gasteiger partial charge < -0.3 is 5.73 Å². The van der Waals surface area contributed by atoms with E-state index in [9.17, 15) is 0 Å². The summed E-state index contributed by atoms with van der Waals surface area (Å²) in [6.45, 7) is 5.25. The van der Waals surface area contributed by atoms with Crippen LogP contribution in [-0.2, 0) is 0 Å². The van der Waals surface area contributed by atoms with Crippen molar-refractivity contribution in [3.8, 4) is 0 Å². The van der Waals surface area contributed by atoms with Gasteiger partial charge in [0.05, 0.1) is 0 Å². The first-order chi connectivity index (χ1) is 7.70. The van der Waals surface area contributed by atoms with Crippen molar-refractivity contribution in [3.63, 3.8) is 0 Å². The number of halogens is 1. The highest BCUT2D eigenvalue weighted by atomic mass is 79.9. The number of hydrogen-bond acceptors (Lipinski definition) is 1. The molecule has 1 nitrogen and oxygen atoms in total. The molecule has 0 aliphatic heterocycles. The van der Waals surface area contributed by atoms with Gasteiger partial charge in [0.2, 0.25) is 0 Å². The van der Waals surface area contributed by atoms with Crippen LogP contribution >= 0.6 is 15.9 Å². The number of hydrogen-bond donors (Lipinski definition) is 1. The van der Waals surface area contributed by atoms with E-state index >= 15 is 0 Å². The first-order valence-corrected chi connectivity index (χ1v) is 6.95. The molecule has 16 heavy (non-hydrogen) atoms. The second-order valence-electron chi connectivity index (χ2n) is 4.37. The van der Waals surface area contributed by atoms with Crippen LogP contribution in [-0.4, -0.2) is 6.54 Å². The Hall–Kier alpha value is -0.340. The summed E-state index contributed by atoms with van der Waals surface area (Å²) in [4.78, 5) is 0. The second-order valence-corrected chi connectivity index (χ2v) is 5.22. The van der Waals surface area contributed by atoms with Gasteiger partial charge in [-0.2, -0.15) is 0 Å². The Kier molecular flexibility index (Phi) is 6.07. The molecule has 0 aliphatic rings. The Balaban J connectivity index is 2.86. The van der Waals surface area contributed by atoms with Crippen LogP contribution in [0, 0.1) is 6.92 Å². The summed E-state index contributed by atoms with van der Waals surface area (Å²) in [6.07, 6.45) is 4.83. The van der Waals surface area contributed by atoms with Crippen molar-refractivity contribution in [1.29, 1.82) is 0 Å². The number of rotatable bonds is 6. The van der Waals surface area contributed by atoms with Crippen LogP contribution < -0.4 is 5.73 Å². The molecule has 0 bridgehead atoms. The lowest BCUT2D eigenvalue weighted by Crippen LogP contribution is -2.06. The Morgan fingerprint density at radius 3 is 2.69 bits per heavy atom. The Labute approximate surface area is 108 Å². The van der Waals surface area contributed by atoms with Gasteiger partial charge in [-0.05, 0) is 55.8 Å². The van der Waals surface area contributed by atoms with Crippen LogP contribution in [0.3, 0.4) is 0 Å². The zero-order valence-corrected chi connectivity index (χ0v) is 11.9. The quantitative estimate of drug-likeness (QED) is 0.824. The van der Waals surface area contributed by atoms with Crippen LogP contribution in [0.4, 0.5) is 0 Å². The summed E-state index contributed by atoms with van der Waals surface area (Å²) in [6, 6.07) is 6.51. The van der Waals surface area contributed by atoms with Crippen LogP contribution in [0.25, 0.3) is 0 Å². The molecule has 1 aromatic rings. The maximum absolute atomic E-state index is 5.61. The summed E-state index contributed by atoms with van der Waals surface area (Å²) >= 11 is 3.61. The highest BCUT2D eigenvalue weighted by Gasteiger charge is 2.13. The molecule has 1 unspecified atom stereocenters. The van der Waals surface area contributed by atoms with E-state index in [1.165, 1.54) is 34.9 Å². The predicted octanol–water partition coefficient (Wildman–Crippen LogP) is 4.38. The average molecular weight is 284 g/mol. The fourth-order valence-electron chi connectivity index (χ4n) is 2.23. The Morgan fingerprint density at radius 1 is 1.31 bits per heavy atom. The SMILES string of the molecule is CCCC(CCCN)c1cccc(Br)c1C. The minimum Gasteiger partial charge on any atom is -0.330 e. The van der Waals surface area contributed by atoms with Gasteiger partial charge in [-0.3, -0.25) is 0 Å². The van der Waals surface area contributed by atoms with Gasteiger partial charge in [0, 0.05) is 4.47 Å². The predicted molar refractivity (Wildman–Crippen MR) is 74.8 cm³/mol. The van der Waals surface area contributed by atoms with Gasteiger partial charge in [0.25, 0.3) is 0 Å². The molecular formula is C14H22BrN. The van der Waals surface area contributed by atoms with E-state index in [0.29, 0.717) is 5.92 Å². The fourth-order valence-corrected chi connectivity index (χ4v) is 2.62. The summed E-state index contributed by atoms with van der Waals surface area (Å²) in [5.74, 6) is 0.672. The first kappa shape index (κ1) is 13.7. The molecule has 0 aromatic heterocycles. The van der Waals surface area contributed by atoms with Crippen molar-refractivity contribution in [2.75, 3.05) is 6.54 Å². The van der Waals surface area contributed by atoms with E-state index in [1.807, 2.05) is 0 Å². The number of nitrogens with two attached hydrogens (primary N) is 1. The molecule has 0 aliphatic carbocycles. The number of benzene rings is 1. The lowest BCUT2D eigenvalue weighted by Gasteiger charge is -2.19. The van der Waals surface area contributed by atoms with Gasteiger partial charge in [0.1, 0.15) is 0 Å². The molecule has 0 amide bonds. The van der Waals surface area contributed by atoms with Gasteiger partial charge in [-0.25, -0.2) is 0 Å². The van der Waals surface area contributed by atoms with E-state index in [0.717, 1.165) is 13.0 Å².